The number of hydrogen-bond donors (Lipinski definition) is 2. The molecule has 0 saturated heterocycles. The van der Waals surface area contributed by atoms with Crippen molar-refractivity contribution in [2.45, 2.75) is 27.3 Å². The van der Waals surface area contributed by atoms with Crippen molar-refractivity contribution in [1.29, 1.82) is 0 Å². The number of anilines is 1. The van der Waals surface area contributed by atoms with E-state index in [1.165, 1.54) is 5.56 Å². The summed E-state index contributed by atoms with van der Waals surface area (Å²) < 4.78 is 5.64. The lowest BCUT2D eigenvalue weighted by molar-refractivity contribution is 0.251. The van der Waals surface area contributed by atoms with Crippen molar-refractivity contribution in [3.05, 3.63) is 71.1 Å². The van der Waals surface area contributed by atoms with E-state index in [1.54, 1.807) is 0 Å². The van der Waals surface area contributed by atoms with Gasteiger partial charge >= 0.3 is 6.03 Å². The van der Waals surface area contributed by atoms with Crippen molar-refractivity contribution < 1.29 is 9.21 Å². The first-order valence-electron chi connectivity index (χ1n) is 8.16. The number of benzene rings is 2. The van der Waals surface area contributed by atoms with Crippen LogP contribution in [0.1, 0.15) is 22.6 Å². The van der Waals surface area contributed by atoms with Gasteiger partial charge in [-0.25, -0.2) is 9.78 Å². The second kappa shape index (κ2) is 7.21. The molecule has 3 rings (SSSR count). The van der Waals surface area contributed by atoms with Gasteiger partial charge in [-0.15, -0.1) is 0 Å². The summed E-state index contributed by atoms with van der Waals surface area (Å²) in [6, 6.07) is 15.2. The van der Waals surface area contributed by atoms with Gasteiger partial charge in [0.25, 0.3) is 0 Å². The maximum absolute atomic E-state index is 12.1. The summed E-state index contributed by atoms with van der Waals surface area (Å²) >= 11 is 0. The first-order valence-corrected chi connectivity index (χ1v) is 8.16. The molecule has 2 N–H and O–H groups in total. The molecule has 2 amide bonds. The molecule has 3 aromatic rings. The van der Waals surface area contributed by atoms with E-state index < -0.39 is 0 Å². The predicted molar refractivity (Wildman–Crippen MR) is 98.5 cm³/mol. The Morgan fingerprint density at radius 2 is 1.84 bits per heavy atom. The van der Waals surface area contributed by atoms with Gasteiger partial charge in [0, 0.05) is 17.8 Å². The number of urea groups is 1. The quantitative estimate of drug-likeness (QED) is 0.733. The molecule has 5 heteroatoms. The Balaban J connectivity index is 1.63. The molecular weight excluding hydrogens is 314 g/mol. The van der Waals surface area contributed by atoms with Crippen molar-refractivity contribution >= 4 is 11.7 Å². The average molecular weight is 335 g/mol. The van der Waals surface area contributed by atoms with Crippen LogP contribution in [-0.4, -0.2) is 11.0 Å². The molecule has 0 saturated carbocycles. The Morgan fingerprint density at radius 1 is 1.08 bits per heavy atom. The lowest BCUT2D eigenvalue weighted by atomic mass is 10.1. The van der Waals surface area contributed by atoms with Gasteiger partial charge in [0.05, 0.1) is 5.69 Å². The first-order chi connectivity index (χ1) is 12.0. The van der Waals surface area contributed by atoms with E-state index in [0.717, 1.165) is 22.6 Å². The van der Waals surface area contributed by atoms with E-state index in [2.05, 4.69) is 15.6 Å². The van der Waals surface area contributed by atoms with Crippen LogP contribution in [0.4, 0.5) is 10.5 Å². The zero-order valence-electron chi connectivity index (χ0n) is 14.6. The molecule has 25 heavy (non-hydrogen) atoms. The summed E-state index contributed by atoms with van der Waals surface area (Å²) in [7, 11) is 0. The van der Waals surface area contributed by atoms with Crippen LogP contribution in [0.2, 0.25) is 0 Å². The van der Waals surface area contributed by atoms with Crippen LogP contribution in [0.3, 0.4) is 0 Å². The molecule has 0 fully saturated rings. The van der Waals surface area contributed by atoms with Crippen LogP contribution in [0.25, 0.3) is 11.5 Å². The third-order valence-corrected chi connectivity index (χ3v) is 3.97. The highest BCUT2D eigenvalue weighted by atomic mass is 16.4. The summed E-state index contributed by atoms with van der Waals surface area (Å²) in [5, 5.41) is 5.69. The van der Waals surface area contributed by atoms with Crippen molar-refractivity contribution in [3.63, 3.8) is 0 Å². The number of rotatable bonds is 4. The third-order valence-electron chi connectivity index (χ3n) is 3.97. The minimum absolute atomic E-state index is 0.252. The lowest BCUT2D eigenvalue weighted by Gasteiger charge is -2.08. The van der Waals surface area contributed by atoms with E-state index >= 15 is 0 Å². The van der Waals surface area contributed by atoms with E-state index in [0.29, 0.717) is 18.1 Å². The Hall–Kier alpha value is -3.08. The normalized spacial score (nSPS) is 10.5. The SMILES string of the molecule is Cc1ccc(CNC(=O)Nc2cccc(-c3nc(C)c(C)o3)c2)cc1. The number of nitrogens with zero attached hydrogens (tertiary/aromatic N) is 1. The highest BCUT2D eigenvalue weighted by Gasteiger charge is 2.09. The fourth-order valence-electron chi connectivity index (χ4n) is 2.39. The van der Waals surface area contributed by atoms with Crippen molar-refractivity contribution in [2.24, 2.45) is 0 Å². The molecule has 0 aliphatic heterocycles. The number of oxazole rings is 1. The summed E-state index contributed by atoms with van der Waals surface area (Å²) in [5.74, 6) is 1.35. The number of aryl methyl sites for hydroxylation is 3. The third kappa shape index (κ3) is 4.26. The van der Waals surface area contributed by atoms with Crippen LogP contribution < -0.4 is 10.6 Å². The highest BCUT2D eigenvalue weighted by molar-refractivity contribution is 5.89. The molecule has 0 radical (unpaired) electrons. The second-order valence-corrected chi connectivity index (χ2v) is 6.03. The summed E-state index contributed by atoms with van der Waals surface area (Å²) in [6.45, 7) is 6.30. The monoisotopic (exact) mass is 335 g/mol. The molecule has 1 aromatic heterocycles. The highest BCUT2D eigenvalue weighted by Crippen LogP contribution is 2.24. The maximum atomic E-state index is 12.1. The van der Waals surface area contributed by atoms with Gasteiger partial charge in [0.15, 0.2) is 0 Å². The number of aromatic nitrogens is 1. The summed E-state index contributed by atoms with van der Waals surface area (Å²) in [6.07, 6.45) is 0. The minimum Gasteiger partial charge on any atom is -0.441 e. The van der Waals surface area contributed by atoms with Crippen LogP contribution in [0.15, 0.2) is 52.9 Å². The smallest absolute Gasteiger partial charge is 0.319 e. The van der Waals surface area contributed by atoms with Gasteiger partial charge in [-0.2, -0.15) is 0 Å². The van der Waals surface area contributed by atoms with E-state index in [4.69, 9.17) is 4.42 Å². The van der Waals surface area contributed by atoms with Gasteiger partial charge in [0.2, 0.25) is 5.89 Å². The van der Waals surface area contributed by atoms with Crippen molar-refractivity contribution in [1.82, 2.24) is 10.3 Å². The number of amides is 2. The summed E-state index contributed by atoms with van der Waals surface area (Å²) in [5.41, 5.74) is 4.63. The van der Waals surface area contributed by atoms with E-state index in [1.807, 2.05) is 69.3 Å². The van der Waals surface area contributed by atoms with Gasteiger partial charge in [0.1, 0.15) is 5.76 Å². The molecule has 0 aliphatic rings. The number of carbonyl (C=O) groups is 1. The molecule has 0 atom stereocenters. The van der Waals surface area contributed by atoms with E-state index in [-0.39, 0.29) is 6.03 Å². The van der Waals surface area contributed by atoms with Gasteiger partial charge in [-0.05, 0) is 44.5 Å². The topological polar surface area (TPSA) is 67.2 Å². The summed E-state index contributed by atoms with van der Waals surface area (Å²) in [4.78, 5) is 16.5. The first kappa shape index (κ1) is 16.8. The Labute approximate surface area is 147 Å². The molecule has 1 heterocycles. The number of nitrogens with one attached hydrogen (secondary N) is 2. The van der Waals surface area contributed by atoms with Crippen LogP contribution in [0.5, 0.6) is 0 Å². The van der Waals surface area contributed by atoms with Gasteiger partial charge in [-0.1, -0.05) is 35.9 Å². The Kier molecular flexibility index (Phi) is 4.84. The average Bonchev–Trinajstić information content (AvgIpc) is 2.94. The largest absolute Gasteiger partial charge is 0.441 e. The van der Waals surface area contributed by atoms with Crippen LogP contribution in [0, 0.1) is 20.8 Å². The molecule has 128 valence electrons. The fraction of sp³-hybridized carbons (Fsp3) is 0.200. The lowest BCUT2D eigenvalue weighted by Crippen LogP contribution is -2.28. The molecule has 0 aliphatic carbocycles. The van der Waals surface area contributed by atoms with Crippen LogP contribution >= 0.6 is 0 Å². The van der Waals surface area contributed by atoms with Gasteiger partial charge in [-0.3, -0.25) is 0 Å². The standard InChI is InChI=1S/C20H21N3O2/c1-13-7-9-16(10-8-13)12-21-20(24)23-18-6-4-5-17(11-18)19-22-14(2)15(3)25-19/h4-11H,12H2,1-3H3,(H2,21,23,24). The molecule has 0 bridgehead atoms. The number of carbonyl (C=O) groups excluding carboxylic acids is 1. The second-order valence-electron chi connectivity index (χ2n) is 6.03. The van der Waals surface area contributed by atoms with Gasteiger partial charge < -0.3 is 15.1 Å². The predicted octanol–water partition coefficient (Wildman–Crippen LogP) is 4.59. The molecular formula is C20H21N3O2. The van der Waals surface area contributed by atoms with Crippen molar-refractivity contribution in [2.75, 3.05) is 5.32 Å². The minimum atomic E-state index is -0.252. The zero-order chi connectivity index (χ0) is 17.8. The fourth-order valence-corrected chi connectivity index (χ4v) is 2.39. The number of hydrogen-bond acceptors (Lipinski definition) is 3. The van der Waals surface area contributed by atoms with Crippen molar-refractivity contribution in [3.8, 4) is 11.5 Å². The molecule has 0 unspecified atom stereocenters. The molecule has 5 nitrogen and oxygen atoms in total. The maximum Gasteiger partial charge on any atom is 0.319 e. The Morgan fingerprint density at radius 3 is 2.52 bits per heavy atom. The van der Waals surface area contributed by atoms with E-state index in [9.17, 15) is 4.79 Å². The zero-order valence-corrected chi connectivity index (χ0v) is 14.6. The van der Waals surface area contributed by atoms with Crippen LogP contribution in [-0.2, 0) is 6.54 Å². The molecule has 2 aromatic carbocycles. The Bertz CT molecular complexity index is 863. The molecule has 0 spiro atoms.